The average molecular weight is 298 g/mol. The van der Waals surface area contributed by atoms with Crippen molar-refractivity contribution >= 4 is 12.0 Å². The lowest BCUT2D eigenvalue weighted by atomic mass is 9.86. The predicted octanol–water partition coefficient (Wildman–Crippen LogP) is 1.89. The fraction of sp³-hybridized carbons (Fsp3) is 0.867. The third-order valence-corrected chi connectivity index (χ3v) is 4.73. The summed E-state index contributed by atoms with van der Waals surface area (Å²) in [6.07, 6.45) is 7.09. The highest BCUT2D eigenvalue weighted by Crippen LogP contribution is 2.24. The SMILES string of the molecule is CO[C@H]1CCCC[C@@H]1NC(=O)NC1CCC(C(=O)O)CC1. The van der Waals surface area contributed by atoms with Gasteiger partial charge in [-0.05, 0) is 38.5 Å². The summed E-state index contributed by atoms with van der Waals surface area (Å²) in [7, 11) is 1.69. The molecule has 3 N–H and O–H groups in total. The molecule has 6 heteroatoms. The molecule has 2 fully saturated rings. The number of ether oxygens (including phenoxy) is 1. The first kappa shape index (κ1) is 16.1. The molecule has 0 saturated heterocycles. The summed E-state index contributed by atoms with van der Waals surface area (Å²) in [6.45, 7) is 0. The number of methoxy groups -OCH3 is 1. The van der Waals surface area contributed by atoms with E-state index in [9.17, 15) is 9.59 Å². The zero-order chi connectivity index (χ0) is 15.2. The van der Waals surface area contributed by atoms with Crippen LogP contribution in [0.5, 0.6) is 0 Å². The van der Waals surface area contributed by atoms with E-state index in [1.54, 1.807) is 7.11 Å². The summed E-state index contributed by atoms with van der Waals surface area (Å²) >= 11 is 0. The zero-order valence-electron chi connectivity index (χ0n) is 12.6. The number of aliphatic carboxylic acids is 1. The summed E-state index contributed by atoms with van der Waals surface area (Å²) < 4.78 is 5.43. The number of amides is 2. The fourth-order valence-electron chi connectivity index (χ4n) is 3.42. The van der Waals surface area contributed by atoms with Gasteiger partial charge in [-0.25, -0.2) is 4.79 Å². The predicted molar refractivity (Wildman–Crippen MR) is 78.1 cm³/mol. The van der Waals surface area contributed by atoms with Crippen molar-refractivity contribution in [2.45, 2.75) is 69.6 Å². The van der Waals surface area contributed by atoms with Crippen LogP contribution in [0.2, 0.25) is 0 Å². The van der Waals surface area contributed by atoms with E-state index in [-0.39, 0.29) is 30.1 Å². The number of carbonyl (C=O) groups excluding carboxylic acids is 1. The monoisotopic (exact) mass is 298 g/mol. The Morgan fingerprint density at radius 1 is 1.00 bits per heavy atom. The van der Waals surface area contributed by atoms with Gasteiger partial charge in [-0.1, -0.05) is 12.8 Å². The van der Waals surface area contributed by atoms with Crippen LogP contribution in [-0.2, 0) is 9.53 Å². The van der Waals surface area contributed by atoms with Gasteiger partial charge in [-0.3, -0.25) is 4.79 Å². The van der Waals surface area contributed by atoms with E-state index in [0.717, 1.165) is 38.5 Å². The second-order valence-corrected chi connectivity index (χ2v) is 6.17. The van der Waals surface area contributed by atoms with Gasteiger partial charge >= 0.3 is 12.0 Å². The third kappa shape index (κ3) is 4.59. The fourth-order valence-corrected chi connectivity index (χ4v) is 3.42. The molecule has 2 amide bonds. The highest BCUT2D eigenvalue weighted by atomic mass is 16.5. The summed E-state index contributed by atoms with van der Waals surface area (Å²) in [5, 5.41) is 14.9. The summed E-state index contributed by atoms with van der Waals surface area (Å²) in [5.74, 6) is -0.967. The molecule has 6 nitrogen and oxygen atoms in total. The van der Waals surface area contributed by atoms with E-state index in [4.69, 9.17) is 9.84 Å². The lowest BCUT2D eigenvalue weighted by Gasteiger charge is -2.32. The number of urea groups is 1. The molecule has 2 aliphatic carbocycles. The largest absolute Gasteiger partial charge is 0.481 e. The molecule has 0 bridgehead atoms. The number of carboxylic acid groups (broad SMARTS) is 1. The van der Waals surface area contributed by atoms with Crippen molar-refractivity contribution in [3.05, 3.63) is 0 Å². The normalized spacial score (nSPS) is 33.2. The minimum atomic E-state index is -0.719. The number of rotatable bonds is 4. The molecule has 21 heavy (non-hydrogen) atoms. The first-order valence-electron chi connectivity index (χ1n) is 7.92. The maximum atomic E-state index is 12.1. The van der Waals surface area contributed by atoms with Crippen molar-refractivity contribution < 1.29 is 19.4 Å². The molecule has 0 aromatic rings. The number of carboxylic acids is 1. The van der Waals surface area contributed by atoms with Gasteiger partial charge in [0.05, 0.1) is 18.1 Å². The van der Waals surface area contributed by atoms with Crippen molar-refractivity contribution in [1.82, 2.24) is 10.6 Å². The third-order valence-electron chi connectivity index (χ3n) is 4.73. The minimum Gasteiger partial charge on any atom is -0.481 e. The second-order valence-electron chi connectivity index (χ2n) is 6.17. The molecular weight excluding hydrogens is 272 g/mol. The topological polar surface area (TPSA) is 87.7 Å². The van der Waals surface area contributed by atoms with Gasteiger partial charge in [0.2, 0.25) is 0 Å². The molecule has 0 unspecified atom stereocenters. The van der Waals surface area contributed by atoms with E-state index in [1.165, 1.54) is 0 Å². The summed E-state index contributed by atoms with van der Waals surface area (Å²) in [4.78, 5) is 23.0. The molecule has 0 aromatic heterocycles. The van der Waals surface area contributed by atoms with Gasteiger partial charge in [0.15, 0.2) is 0 Å². The number of hydrogen-bond acceptors (Lipinski definition) is 3. The van der Waals surface area contributed by atoms with E-state index in [1.807, 2.05) is 0 Å². The molecule has 2 atom stereocenters. The Morgan fingerprint density at radius 2 is 1.67 bits per heavy atom. The molecule has 2 aliphatic rings. The van der Waals surface area contributed by atoms with Crippen LogP contribution < -0.4 is 10.6 Å². The number of hydrogen-bond donors (Lipinski definition) is 3. The zero-order valence-corrected chi connectivity index (χ0v) is 12.6. The lowest BCUT2D eigenvalue weighted by Crippen LogP contribution is -2.52. The highest BCUT2D eigenvalue weighted by molar-refractivity contribution is 5.75. The Bertz CT molecular complexity index is 367. The molecule has 2 saturated carbocycles. The molecule has 0 aliphatic heterocycles. The van der Waals surface area contributed by atoms with Crippen molar-refractivity contribution in [2.24, 2.45) is 5.92 Å². The first-order chi connectivity index (χ1) is 10.1. The van der Waals surface area contributed by atoms with Crippen LogP contribution in [-0.4, -0.2) is 42.4 Å². The van der Waals surface area contributed by atoms with Crippen LogP contribution in [0.1, 0.15) is 51.4 Å². The average Bonchev–Trinajstić information content (AvgIpc) is 2.48. The second kappa shape index (κ2) is 7.64. The van der Waals surface area contributed by atoms with Crippen LogP contribution in [0.25, 0.3) is 0 Å². The van der Waals surface area contributed by atoms with Crippen molar-refractivity contribution in [3.8, 4) is 0 Å². The van der Waals surface area contributed by atoms with Crippen LogP contribution >= 0.6 is 0 Å². The van der Waals surface area contributed by atoms with Crippen molar-refractivity contribution in [2.75, 3.05) is 7.11 Å². The van der Waals surface area contributed by atoms with Crippen LogP contribution in [0.15, 0.2) is 0 Å². The van der Waals surface area contributed by atoms with Crippen molar-refractivity contribution in [3.63, 3.8) is 0 Å². The smallest absolute Gasteiger partial charge is 0.315 e. The molecule has 0 radical (unpaired) electrons. The van der Waals surface area contributed by atoms with Gasteiger partial charge in [0, 0.05) is 13.2 Å². The Balaban J connectivity index is 1.73. The lowest BCUT2D eigenvalue weighted by molar-refractivity contribution is -0.142. The standard InChI is InChI=1S/C15H26N2O4/c1-21-13-5-3-2-4-12(13)17-15(20)16-11-8-6-10(7-9-11)14(18)19/h10-13H,2-9H2,1H3,(H,18,19)(H2,16,17,20)/t10?,11?,12-,13-/m0/s1. The van der Waals surface area contributed by atoms with E-state index in [2.05, 4.69) is 10.6 Å². The van der Waals surface area contributed by atoms with Crippen molar-refractivity contribution in [1.29, 1.82) is 0 Å². The summed E-state index contributed by atoms with van der Waals surface area (Å²) in [5.41, 5.74) is 0. The molecule has 120 valence electrons. The maximum absolute atomic E-state index is 12.1. The minimum absolute atomic E-state index is 0.0825. The van der Waals surface area contributed by atoms with Gasteiger partial charge in [0.25, 0.3) is 0 Å². The molecule has 0 heterocycles. The first-order valence-corrected chi connectivity index (χ1v) is 7.92. The molecule has 0 spiro atoms. The van der Waals surface area contributed by atoms with E-state index >= 15 is 0 Å². The van der Waals surface area contributed by atoms with E-state index in [0.29, 0.717) is 12.8 Å². The Labute approximate surface area is 125 Å². The maximum Gasteiger partial charge on any atom is 0.315 e. The Hall–Kier alpha value is -1.30. The van der Waals surface area contributed by atoms with Crippen LogP contribution in [0.3, 0.4) is 0 Å². The van der Waals surface area contributed by atoms with Crippen LogP contribution in [0.4, 0.5) is 4.79 Å². The highest BCUT2D eigenvalue weighted by Gasteiger charge is 2.29. The molecular formula is C15H26N2O4. The van der Waals surface area contributed by atoms with Gasteiger partial charge in [-0.15, -0.1) is 0 Å². The quantitative estimate of drug-likeness (QED) is 0.739. The van der Waals surface area contributed by atoms with Gasteiger partial charge in [-0.2, -0.15) is 0 Å². The Kier molecular flexibility index (Phi) is 5.85. The molecule has 2 rings (SSSR count). The van der Waals surface area contributed by atoms with Crippen LogP contribution in [0, 0.1) is 5.92 Å². The number of nitrogens with one attached hydrogen (secondary N) is 2. The molecule has 0 aromatic carbocycles. The Morgan fingerprint density at radius 3 is 2.29 bits per heavy atom. The van der Waals surface area contributed by atoms with Gasteiger partial charge < -0.3 is 20.5 Å². The summed E-state index contributed by atoms with van der Waals surface area (Å²) in [6, 6.07) is 0.0204. The van der Waals surface area contributed by atoms with E-state index < -0.39 is 5.97 Å². The van der Waals surface area contributed by atoms with Gasteiger partial charge in [0.1, 0.15) is 0 Å². The number of carbonyl (C=O) groups is 2.